The van der Waals surface area contributed by atoms with Gasteiger partial charge in [0.05, 0.1) is 0 Å². The average Bonchev–Trinajstić information content (AvgIpc) is 3.20. The van der Waals surface area contributed by atoms with Gasteiger partial charge in [0, 0.05) is 11.8 Å². The molecular formula is C20H14O3. The Morgan fingerprint density at radius 1 is 0.783 bits per heavy atom. The first kappa shape index (κ1) is 12.6. The van der Waals surface area contributed by atoms with Crippen LogP contribution in [-0.4, -0.2) is 6.79 Å². The van der Waals surface area contributed by atoms with Crippen molar-refractivity contribution in [1.82, 2.24) is 0 Å². The van der Waals surface area contributed by atoms with E-state index in [1.807, 2.05) is 12.1 Å². The molecule has 1 aromatic heterocycles. The lowest BCUT2D eigenvalue weighted by atomic mass is 10.0. The van der Waals surface area contributed by atoms with Crippen LogP contribution in [0.5, 0.6) is 11.5 Å². The highest BCUT2D eigenvalue weighted by Crippen LogP contribution is 2.40. The maximum atomic E-state index is 6.02. The van der Waals surface area contributed by atoms with Gasteiger partial charge in [-0.1, -0.05) is 42.5 Å². The number of fused-ring (bicyclic) bond motifs is 4. The van der Waals surface area contributed by atoms with Crippen molar-refractivity contribution in [3.05, 3.63) is 72.0 Å². The van der Waals surface area contributed by atoms with Crippen molar-refractivity contribution in [3.63, 3.8) is 0 Å². The van der Waals surface area contributed by atoms with E-state index in [1.165, 1.54) is 16.3 Å². The van der Waals surface area contributed by atoms with E-state index >= 15 is 0 Å². The zero-order chi connectivity index (χ0) is 15.2. The Balaban J connectivity index is 1.55. The Hall–Kier alpha value is -2.94. The fourth-order valence-corrected chi connectivity index (χ4v) is 3.15. The molecule has 0 aliphatic carbocycles. The normalized spacial score (nSPS) is 13.0. The molecule has 0 N–H and O–H groups in total. The molecule has 0 bridgehead atoms. The van der Waals surface area contributed by atoms with Crippen LogP contribution in [0, 0.1) is 0 Å². The van der Waals surface area contributed by atoms with Gasteiger partial charge >= 0.3 is 0 Å². The van der Waals surface area contributed by atoms with Gasteiger partial charge in [-0.3, -0.25) is 0 Å². The summed E-state index contributed by atoms with van der Waals surface area (Å²) in [5, 5.41) is 3.55. The summed E-state index contributed by atoms with van der Waals surface area (Å²) in [6.45, 7) is 0.259. The van der Waals surface area contributed by atoms with Gasteiger partial charge in [0.15, 0.2) is 11.3 Å². The van der Waals surface area contributed by atoms with E-state index < -0.39 is 0 Å². The van der Waals surface area contributed by atoms with Gasteiger partial charge in [-0.05, 0) is 34.5 Å². The van der Waals surface area contributed by atoms with Crippen molar-refractivity contribution in [3.8, 4) is 11.5 Å². The van der Waals surface area contributed by atoms with Crippen molar-refractivity contribution in [2.45, 2.75) is 6.42 Å². The third kappa shape index (κ3) is 2.05. The second kappa shape index (κ2) is 4.78. The number of hydrogen-bond acceptors (Lipinski definition) is 3. The van der Waals surface area contributed by atoms with Crippen LogP contribution in [0.2, 0.25) is 0 Å². The van der Waals surface area contributed by atoms with E-state index in [1.54, 1.807) is 0 Å². The molecule has 1 aliphatic heterocycles. The van der Waals surface area contributed by atoms with Crippen LogP contribution in [0.3, 0.4) is 0 Å². The maximum absolute atomic E-state index is 6.02. The first-order valence-electron chi connectivity index (χ1n) is 7.65. The monoisotopic (exact) mass is 302 g/mol. The number of benzene rings is 3. The molecule has 0 saturated heterocycles. The van der Waals surface area contributed by atoms with E-state index in [-0.39, 0.29) is 6.79 Å². The zero-order valence-corrected chi connectivity index (χ0v) is 12.4. The molecule has 0 spiro atoms. The molecule has 3 nitrogen and oxygen atoms in total. The van der Waals surface area contributed by atoms with Crippen molar-refractivity contribution < 1.29 is 13.9 Å². The van der Waals surface area contributed by atoms with Crippen molar-refractivity contribution in [2.24, 2.45) is 0 Å². The highest BCUT2D eigenvalue weighted by atomic mass is 16.7. The summed E-state index contributed by atoms with van der Waals surface area (Å²) in [6, 6.07) is 20.9. The molecule has 0 atom stereocenters. The van der Waals surface area contributed by atoms with E-state index in [0.29, 0.717) is 5.75 Å². The number of hydrogen-bond donors (Lipinski definition) is 0. The molecule has 1 aliphatic rings. The molecule has 112 valence electrons. The molecule has 0 fully saturated rings. The van der Waals surface area contributed by atoms with Gasteiger partial charge in [-0.2, -0.15) is 0 Å². The van der Waals surface area contributed by atoms with E-state index in [2.05, 4.69) is 48.5 Å². The summed E-state index contributed by atoms with van der Waals surface area (Å²) < 4.78 is 16.9. The Kier molecular flexibility index (Phi) is 2.62. The van der Waals surface area contributed by atoms with Gasteiger partial charge in [-0.15, -0.1) is 0 Å². The summed E-state index contributed by atoms with van der Waals surface area (Å²) in [5.41, 5.74) is 2.01. The Morgan fingerprint density at radius 2 is 1.65 bits per heavy atom. The van der Waals surface area contributed by atoms with E-state index in [9.17, 15) is 0 Å². The fraction of sp³-hybridized carbons (Fsp3) is 0.100. The minimum absolute atomic E-state index is 0.259. The summed E-state index contributed by atoms with van der Waals surface area (Å²) >= 11 is 0. The number of rotatable bonds is 2. The number of furan rings is 1. The summed E-state index contributed by atoms with van der Waals surface area (Å²) in [5.74, 6) is 2.40. The van der Waals surface area contributed by atoms with Gasteiger partial charge in [0.1, 0.15) is 5.76 Å². The van der Waals surface area contributed by atoms with Gasteiger partial charge < -0.3 is 13.9 Å². The minimum Gasteiger partial charge on any atom is -0.457 e. The zero-order valence-electron chi connectivity index (χ0n) is 12.4. The van der Waals surface area contributed by atoms with Crippen molar-refractivity contribution in [2.75, 3.05) is 6.79 Å². The lowest BCUT2D eigenvalue weighted by molar-refractivity contribution is 0.174. The predicted molar refractivity (Wildman–Crippen MR) is 89.1 cm³/mol. The molecule has 0 unspecified atom stereocenters. The van der Waals surface area contributed by atoms with E-state index in [0.717, 1.165) is 28.9 Å². The van der Waals surface area contributed by atoms with Crippen LogP contribution < -0.4 is 9.47 Å². The quantitative estimate of drug-likeness (QED) is 0.527. The first-order chi connectivity index (χ1) is 11.4. The lowest BCUT2D eigenvalue weighted by Gasteiger charge is -2.02. The van der Waals surface area contributed by atoms with Crippen molar-refractivity contribution in [1.29, 1.82) is 0 Å². The van der Waals surface area contributed by atoms with Gasteiger partial charge in [-0.25, -0.2) is 0 Å². The first-order valence-corrected chi connectivity index (χ1v) is 7.65. The predicted octanol–water partition coefficient (Wildman–Crippen LogP) is 4.91. The Morgan fingerprint density at radius 3 is 2.61 bits per heavy atom. The van der Waals surface area contributed by atoms with Crippen molar-refractivity contribution >= 4 is 21.7 Å². The lowest BCUT2D eigenvalue weighted by Crippen LogP contribution is -1.93. The second-order valence-corrected chi connectivity index (χ2v) is 5.79. The molecule has 23 heavy (non-hydrogen) atoms. The van der Waals surface area contributed by atoms with Crippen LogP contribution in [0.4, 0.5) is 0 Å². The number of ether oxygens (including phenoxy) is 2. The Bertz CT molecular complexity index is 1030. The van der Waals surface area contributed by atoms with Crippen LogP contribution in [0.15, 0.2) is 65.1 Å². The molecule has 0 amide bonds. The summed E-state index contributed by atoms with van der Waals surface area (Å²) in [6.07, 6.45) is 0.759. The largest absolute Gasteiger partial charge is 0.457 e. The topological polar surface area (TPSA) is 31.6 Å². The molecule has 3 heteroatoms. The second-order valence-electron chi connectivity index (χ2n) is 5.79. The van der Waals surface area contributed by atoms with Gasteiger partial charge in [0.2, 0.25) is 12.5 Å². The van der Waals surface area contributed by atoms with Crippen LogP contribution in [0.1, 0.15) is 11.3 Å². The summed E-state index contributed by atoms with van der Waals surface area (Å²) in [7, 11) is 0. The van der Waals surface area contributed by atoms with Crippen LogP contribution >= 0.6 is 0 Å². The van der Waals surface area contributed by atoms with Crippen LogP contribution in [-0.2, 0) is 6.42 Å². The highest BCUT2D eigenvalue weighted by Gasteiger charge is 2.20. The molecule has 2 heterocycles. The average molecular weight is 302 g/mol. The molecule has 4 aromatic rings. The molecule has 0 saturated carbocycles. The fourth-order valence-electron chi connectivity index (χ4n) is 3.15. The van der Waals surface area contributed by atoms with Crippen LogP contribution in [0.25, 0.3) is 21.7 Å². The molecule has 3 aromatic carbocycles. The van der Waals surface area contributed by atoms with Gasteiger partial charge in [0.25, 0.3) is 0 Å². The summed E-state index contributed by atoms with van der Waals surface area (Å²) in [4.78, 5) is 0. The third-order valence-electron chi connectivity index (χ3n) is 4.27. The molecule has 5 rings (SSSR count). The minimum atomic E-state index is 0.259. The molecule has 0 radical (unpaired) electrons. The molecular weight excluding hydrogens is 288 g/mol. The standard InChI is InChI=1S/C20H14O3/c1-2-4-15-9-13(5-6-14(15)3-1)10-17-11-16-7-8-18-20(19(16)23-17)22-12-21-18/h1-9,11H,10,12H2. The maximum Gasteiger partial charge on any atom is 0.231 e. The Labute approximate surface area is 133 Å². The smallest absolute Gasteiger partial charge is 0.231 e. The third-order valence-corrected chi connectivity index (χ3v) is 4.27. The van der Waals surface area contributed by atoms with E-state index in [4.69, 9.17) is 13.9 Å². The highest BCUT2D eigenvalue weighted by molar-refractivity contribution is 5.87. The SMILES string of the molecule is c1ccc2cc(Cc3cc4ccc5c(c4o3)OCO5)ccc2c1.